The normalized spacial score (nSPS) is 29.3. The maximum atomic E-state index is 5.89. The molecule has 0 spiro atoms. The Balaban J connectivity index is 0.00000210. The van der Waals surface area contributed by atoms with Crippen LogP contribution in [0.4, 0.5) is 0 Å². The Morgan fingerprint density at radius 1 is 1.14 bits per heavy atom. The monoisotopic (exact) mass is 442 g/mol. The van der Waals surface area contributed by atoms with Crippen LogP contribution in [0.5, 0.6) is 0 Å². The summed E-state index contributed by atoms with van der Waals surface area (Å²) in [6.07, 6.45) is 9.00. The highest BCUT2D eigenvalue weighted by atomic mass is 35.5. The van der Waals surface area contributed by atoms with Crippen molar-refractivity contribution in [1.29, 1.82) is 0 Å². The van der Waals surface area contributed by atoms with Gasteiger partial charge in [-0.3, -0.25) is 0 Å². The van der Waals surface area contributed by atoms with Crippen LogP contribution in [-0.2, 0) is 11.8 Å². The zero-order valence-corrected chi connectivity index (χ0v) is 20.9. The molecule has 0 aromatic heterocycles. The molecule has 29 heavy (non-hydrogen) atoms. The van der Waals surface area contributed by atoms with Gasteiger partial charge < -0.3 is 11.1 Å². The fraction of sp³-hybridized carbons (Fsp3) is 0.760. The molecule has 168 valence electrons. The van der Waals surface area contributed by atoms with Crippen molar-refractivity contribution in [2.45, 2.75) is 96.9 Å². The molecule has 2 unspecified atom stereocenters. The van der Waals surface area contributed by atoms with Crippen molar-refractivity contribution < 1.29 is 0 Å². The van der Waals surface area contributed by atoms with E-state index in [2.05, 4.69) is 58.1 Å². The number of rotatable bonds is 7. The third-order valence-corrected chi connectivity index (χ3v) is 7.71. The minimum atomic E-state index is 0. The number of benzene rings is 1. The second-order valence-electron chi connectivity index (χ2n) is 10.4. The lowest BCUT2D eigenvalue weighted by Crippen LogP contribution is -2.52. The Hall–Kier alpha value is -0.280. The number of hydrogen-bond donors (Lipinski definition) is 2. The van der Waals surface area contributed by atoms with Crippen molar-refractivity contribution in [3.05, 3.63) is 34.9 Å². The molecular weight excluding hydrogens is 399 g/mol. The van der Waals surface area contributed by atoms with E-state index in [9.17, 15) is 0 Å². The van der Waals surface area contributed by atoms with Gasteiger partial charge in [-0.05, 0) is 91.3 Å². The van der Waals surface area contributed by atoms with Crippen LogP contribution >= 0.6 is 24.8 Å². The van der Waals surface area contributed by atoms with E-state index in [-0.39, 0.29) is 24.8 Å². The maximum absolute atomic E-state index is 5.89. The van der Waals surface area contributed by atoms with E-state index in [0.29, 0.717) is 22.8 Å². The molecular formula is C25H44Cl2N2. The van der Waals surface area contributed by atoms with Crippen molar-refractivity contribution in [3.8, 4) is 0 Å². The van der Waals surface area contributed by atoms with Crippen molar-refractivity contribution in [2.75, 3.05) is 13.1 Å². The summed E-state index contributed by atoms with van der Waals surface area (Å²) >= 11 is 0. The molecule has 0 radical (unpaired) electrons. The molecule has 4 heteroatoms. The first-order valence-electron chi connectivity index (χ1n) is 11.4. The summed E-state index contributed by atoms with van der Waals surface area (Å²) < 4.78 is 0. The van der Waals surface area contributed by atoms with Crippen LogP contribution < -0.4 is 11.1 Å². The summed E-state index contributed by atoms with van der Waals surface area (Å²) in [5.41, 5.74) is 11.5. The van der Waals surface area contributed by atoms with Gasteiger partial charge in [0.25, 0.3) is 0 Å². The molecule has 0 bridgehead atoms. The number of nitrogens with one attached hydrogen (secondary N) is 1. The van der Waals surface area contributed by atoms with Crippen molar-refractivity contribution in [3.63, 3.8) is 0 Å². The van der Waals surface area contributed by atoms with E-state index in [4.69, 9.17) is 5.73 Å². The SMILES string of the molecule is CC(N)CCCNC[C@]1(C)CCC[C@]2(C)c3ccc(C(C)C)cc3CCC12.Cl.Cl. The minimum absolute atomic E-state index is 0. The van der Waals surface area contributed by atoms with Gasteiger partial charge >= 0.3 is 0 Å². The highest BCUT2D eigenvalue weighted by molar-refractivity contribution is 5.85. The lowest BCUT2D eigenvalue weighted by atomic mass is 9.49. The van der Waals surface area contributed by atoms with Crippen molar-refractivity contribution in [1.82, 2.24) is 5.32 Å². The molecule has 0 heterocycles. The molecule has 3 N–H and O–H groups in total. The van der Waals surface area contributed by atoms with Gasteiger partial charge in [-0.1, -0.05) is 52.3 Å². The summed E-state index contributed by atoms with van der Waals surface area (Å²) in [5, 5.41) is 3.79. The van der Waals surface area contributed by atoms with Crippen LogP contribution in [0, 0.1) is 11.3 Å². The predicted octanol–water partition coefficient (Wildman–Crippen LogP) is 6.38. The minimum Gasteiger partial charge on any atom is -0.328 e. The largest absolute Gasteiger partial charge is 0.328 e. The molecule has 2 aliphatic rings. The quantitative estimate of drug-likeness (QED) is 0.480. The molecule has 1 fully saturated rings. The van der Waals surface area contributed by atoms with Crippen LogP contribution in [0.1, 0.15) is 95.8 Å². The van der Waals surface area contributed by atoms with E-state index in [0.717, 1.165) is 25.4 Å². The third-order valence-electron chi connectivity index (χ3n) is 7.71. The smallest absolute Gasteiger partial charge is 0.00109 e. The van der Waals surface area contributed by atoms with Gasteiger partial charge in [0, 0.05) is 12.6 Å². The summed E-state index contributed by atoms with van der Waals surface area (Å²) in [7, 11) is 0. The first-order chi connectivity index (χ1) is 12.8. The second-order valence-corrected chi connectivity index (χ2v) is 10.4. The van der Waals surface area contributed by atoms with Gasteiger partial charge in [-0.2, -0.15) is 0 Å². The fourth-order valence-electron chi connectivity index (χ4n) is 6.14. The van der Waals surface area contributed by atoms with Crippen LogP contribution in [0.25, 0.3) is 0 Å². The summed E-state index contributed by atoms with van der Waals surface area (Å²) in [4.78, 5) is 0. The molecule has 2 nitrogen and oxygen atoms in total. The molecule has 0 amide bonds. The molecule has 0 aliphatic heterocycles. The Morgan fingerprint density at radius 2 is 1.86 bits per heavy atom. The maximum Gasteiger partial charge on any atom is 0.00109 e. The van der Waals surface area contributed by atoms with Crippen LogP contribution in [-0.4, -0.2) is 19.1 Å². The topological polar surface area (TPSA) is 38.0 Å². The highest BCUT2D eigenvalue weighted by Crippen LogP contribution is 2.57. The van der Waals surface area contributed by atoms with Gasteiger partial charge in [0.2, 0.25) is 0 Å². The van der Waals surface area contributed by atoms with Gasteiger partial charge in [0.05, 0.1) is 0 Å². The van der Waals surface area contributed by atoms with Crippen molar-refractivity contribution >= 4 is 24.8 Å². The van der Waals surface area contributed by atoms with Gasteiger partial charge in [-0.25, -0.2) is 0 Å². The van der Waals surface area contributed by atoms with E-state index < -0.39 is 0 Å². The van der Waals surface area contributed by atoms with E-state index in [1.807, 2.05) is 0 Å². The molecule has 2 aliphatic carbocycles. The zero-order chi connectivity index (χ0) is 19.7. The Morgan fingerprint density at radius 3 is 2.52 bits per heavy atom. The first kappa shape index (κ1) is 26.8. The van der Waals surface area contributed by atoms with E-state index >= 15 is 0 Å². The summed E-state index contributed by atoms with van der Waals surface area (Å²) in [6, 6.07) is 7.72. The fourth-order valence-corrected chi connectivity index (χ4v) is 6.14. The zero-order valence-electron chi connectivity index (χ0n) is 19.2. The van der Waals surface area contributed by atoms with Crippen molar-refractivity contribution in [2.24, 2.45) is 17.1 Å². The molecule has 1 aromatic carbocycles. The average molecular weight is 444 g/mol. The van der Waals surface area contributed by atoms with Crippen LogP contribution in [0.15, 0.2) is 18.2 Å². The Labute approximate surface area is 192 Å². The van der Waals surface area contributed by atoms with Crippen LogP contribution in [0.3, 0.4) is 0 Å². The van der Waals surface area contributed by atoms with Gasteiger partial charge in [0.15, 0.2) is 0 Å². The molecule has 0 saturated heterocycles. The number of hydrogen-bond acceptors (Lipinski definition) is 2. The Kier molecular flexibility index (Phi) is 10.0. The standard InChI is InChI=1S/C25H42N2.2ClH/c1-18(2)20-9-11-22-21(16-20)10-12-23-24(4,13-7-14-25(22,23)5)17-27-15-6-8-19(3)26;;/h9,11,16,18-19,23,27H,6-8,10,12-15,17,26H2,1-5H3;2*1H/t19?,23?,24-,25+;;/m0../s1. The number of nitrogens with two attached hydrogens (primary N) is 1. The molecule has 4 atom stereocenters. The average Bonchev–Trinajstić information content (AvgIpc) is 2.60. The molecule has 1 aromatic rings. The summed E-state index contributed by atoms with van der Waals surface area (Å²) in [5.74, 6) is 1.41. The first-order valence-corrected chi connectivity index (χ1v) is 11.4. The number of halogens is 2. The molecule has 3 rings (SSSR count). The number of fused-ring (bicyclic) bond motifs is 3. The predicted molar refractivity (Wildman–Crippen MR) is 132 cm³/mol. The Bertz CT molecular complexity index is 646. The van der Waals surface area contributed by atoms with E-state index in [1.165, 1.54) is 44.1 Å². The second kappa shape index (κ2) is 10.8. The van der Waals surface area contributed by atoms with Crippen LogP contribution in [0.2, 0.25) is 0 Å². The van der Waals surface area contributed by atoms with Gasteiger partial charge in [-0.15, -0.1) is 24.8 Å². The van der Waals surface area contributed by atoms with E-state index in [1.54, 1.807) is 11.1 Å². The summed E-state index contributed by atoms with van der Waals surface area (Å²) in [6.45, 7) is 14.1. The lowest BCUT2D eigenvalue weighted by Gasteiger charge is -2.55. The van der Waals surface area contributed by atoms with Gasteiger partial charge in [0.1, 0.15) is 0 Å². The third kappa shape index (κ3) is 5.70. The lowest BCUT2D eigenvalue weighted by molar-refractivity contribution is 0.0260. The number of aryl methyl sites for hydroxylation is 1. The highest BCUT2D eigenvalue weighted by Gasteiger charge is 2.51. The molecule has 1 saturated carbocycles.